The number of halogens is 3. The second-order valence-corrected chi connectivity index (χ2v) is 6.45. The second kappa shape index (κ2) is 6.40. The van der Waals surface area contributed by atoms with E-state index in [1.807, 2.05) is 17.0 Å². The van der Waals surface area contributed by atoms with E-state index in [9.17, 15) is 4.79 Å². The van der Waals surface area contributed by atoms with Crippen molar-refractivity contribution in [1.82, 2.24) is 4.90 Å². The number of hydrogen-bond donors (Lipinski definition) is 0. The minimum atomic E-state index is 0.0788. The van der Waals surface area contributed by atoms with Gasteiger partial charge in [0.25, 0.3) is 5.91 Å². The zero-order valence-electron chi connectivity index (χ0n) is 9.83. The van der Waals surface area contributed by atoms with Gasteiger partial charge < -0.3 is 4.90 Å². The fourth-order valence-corrected chi connectivity index (χ4v) is 3.14. The molecule has 1 amide bonds. The number of hydrogen-bond acceptors (Lipinski definition) is 1. The van der Waals surface area contributed by atoms with E-state index in [0.717, 1.165) is 29.3 Å². The third-order valence-corrected chi connectivity index (χ3v) is 5.34. The molecule has 1 aromatic rings. The molecule has 5 heteroatoms. The predicted octanol–water partition coefficient (Wildman–Crippen LogP) is 4.35. The van der Waals surface area contributed by atoms with Crippen molar-refractivity contribution in [3.8, 4) is 0 Å². The first-order valence-corrected chi connectivity index (χ1v) is 8.21. The van der Waals surface area contributed by atoms with Crippen LogP contribution in [0, 0.1) is 5.92 Å². The number of amides is 1. The van der Waals surface area contributed by atoms with Gasteiger partial charge in [-0.05, 0) is 52.9 Å². The summed E-state index contributed by atoms with van der Waals surface area (Å²) in [4.78, 5) is 14.3. The van der Waals surface area contributed by atoms with Crippen LogP contribution in [-0.2, 0) is 0 Å². The number of piperidine rings is 1. The SMILES string of the molecule is O=C(c1ccc(Br)c(Cl)c1)N1CCCC(CBr)C1. The van der Waals surface area contributed by atoms with Crippen LogP contribution in [-0.4, -0.2) is 29.2 Å². The van der Waals surface area contributed by atoms with Gasteiger partial charge in [0.2, 0.25) is 0 Å². The fraction of sp³-hybridized carbons (Fsp3) is 0.462. The maximum absolute atomic E-state index is 12.4. The molecular weight excluding hydrogens is 381 g/mol. The highest BCUT2D eigenvalue weighted by molar-refractivity contribution is 9.10. The van der Waals surface area contributed by atoms with Crippen LogP contribution in [0.5, 0.6) is 0 Å². The number of rotatable bonds is 2. The van der Waals surface area contributed by atoms with Crippen molar-refractivity contribution in [2.24, 2.45) is 5.92 Å². The smallest absolute Gasteiger partial charge is 0.253 e. The molecule has 1 aromatic carbocycles. The molecule has 0 spiro atoms. The molecule has 98 valence electrons. The molecule has 0 aliphatic carbocycles. The molecule has 1 heterocycles. The van der Waals surface area contributed by atoms with Gasteiger partial charge in [-0.3, -0.25) is 4.79 Å². The quantitative estimate of drug-likeness (QED) is 0.682. The summed E-state index contributed by atoms with van der Waals surface area (Å²) in [6.07, 6.45) is 2.27. The summed E-state index contributed by atoms with van der Waals surface area (Å²) in [5.41, 5.74) is 0.665. The van der Waals surface area contributed by atoms with Crippen molar-refractivity contribution in [2.45, 2.75) is 12.8 Å². The zero-order chi connectivity index (χ0) is 13.1. The van der Waals surface area contributed by atoms with Gasteiger partial charge in [0.1, 0.15) is 0 Å². The molecule has 2 rings (SSSR count). The van der Waals surface area contributed by atoms with Gasteiger partial charge in [0.15, 0.2) is 0 Å². The summed E-state index contributed by atoms with van der Waals surface area (Å²) < 4.78 is 0.817. The number of alkyl halides is 1. The zero-order valence-corrected chi connectivity index (χ0v) is 13.8. The Kier molecular flexibility index (Phi) is 5.10. The maximum atomic E-state index is 12.4. The van der Waals surface area contributed by atoms with Crippen LogP contribution in [0.25, 0.3) is 0 Å². The summed E-state index contributed by atoms with van der Waals surface area (Å²) in [5, 5.41) is 1.53. The molecule has 1 aliphatic rings. The molecule has 18 heavy (non-hydrogen) atoms. The van der Waals surface area contributed by atoms with Gasteiger partial charge in [-0.15, -0.1) is 0 Å². The van der Waals surface area contributed by atoms with Crippen LogP contribution in [0.4, 0.5) is 0 Å². The first-order chi connectivity index (χ1) is 8.61. The van der Waals surface area contributed by atoms with E-state index in [2.05, 4.69) is 31.9 Å². The van der Waals surface area contributed by atoms with Crippen LogP contribution < -0.4 is 0 Å². The number of benzene rings is 1. The molecule has 0 N–H and O–H groups in total. The predicted molar refractivity (Wildman–Crippen MR) is 81.6 cm³/mol. The van der Waals surface area contributed by atoms with Gasteiger partial charge in [0.05, 0.1) is 5.02 Å². The van der Waals surface area contributed by atoms with Gasteiger partial charge in [-0.25, -0.2) is 0 Å². The van der Waals surface area contributed by atoms with Crippen molar-refractivity contribution in [2.75, 3.05) is 18.4 Å². The topological polar surface area (TPSA) is 20.3 Å². The van der Waals surface area contributed by atoms with E-state index in [1.165, 1.54) is 6.42 Å². The Hall–Kier alpha value is -0.0600. The average Bonchev–Trinajstić information content (AvgIpc) is 2.41. The second-order valence-electron chi connectivity index (χ2n) is 4.54. The lowest BCUT2D eigenvalue weighted by Crippen LogP contribution is -2.40. The van der Waals surface area contributed by atoms with Crippen LogP contribution in [0.2, 0.25) is 5.02 Å². The van der Waals surface area contributed by atoms with Crippen LogP contribution in [0.3, 0.4) is 0 Å². The molecule has 1 fully saturated rings. The Bertz CT molecular complexity index is 453. The van der Waals surface area contributed by atoms with Crippen molar-refractivity contribution < 1.29 is 4.79 Å². The summed E-state index contributed by atoms with van der Waals surface area (Å²) in [6, 6.07) is 5.36. The number of carbonyl (C=O) groups excluding carboxylic acids is 1. The van der Waals surface area contributed by atoms with Crippen molar-refractivity contribution in [3.05, 3.63) is 33.3 Å². The van der Waals surface area contributed by atoms with E-state index in [0.29, 0.717) is 16.5 Å². The number of nitrogens with zero attached hydrogens (tertiary/aromatic N) is 1. The van der Waals surface area contributed by atoms with E-state index in [4.69, 9.17) is 11.6 Å². The molecule has 1 aliphatic heterocycles. The largest absolute Gasteiger partial charge is 0.338 e. The molecule has 1 atom stereocenters. The lowest BCUT2D eigenvalue weighted by molar-refractivity contribution is 0.0686. The Labute approximate surface area is 129 Å². The van der Waals surface area contributed by atoms with Crippen molar-refractivity contribution >= 4 is 49.4 Å². The van der Waals surface area contributed by atoms with Gasteiger partial charge in [-0.1, -0.05) is 27.5 Å². The number of likely N-dealkylation sites (tertiary alicyclic amines) is 1. The molecule has 1 saturated heterocycles. The van der Waals surface area contributed by atoms with E-state index >= 15 is 0 Å². The maximum Gasteiger partial charge on any atom is 0.253 e. The summed E-state index contributed by atoms with van der Waals surface area (Å²) in [6.45, 7) is 1.67. The summed E-state index contributed by atoms with van der Waals surface area (Å²) in [5.74, 6) is 0.642. The molecule has 2 nitrogen and oxygen atoms in total. The highest BCUT2D eigenvalue weighted by Gasteiger charge is 2.24. The minimum absolute atomic E-state index is 0.0788. The Morgan fingerprint density at radius 2 is 2.28 bits per heavy atom. The third-order valence-electron chi connectivity index (χ3n) is 3.19. The molecule has 0 saturated carbocycles. The van der Waals surface area contributed by atoms with Crippen LogP contribution in [0.1, 0.15) is 23.2 Å². The van der Waals surface area contributed by atoms with Crippen molar-refractivity contribution in [1.29, 1.82) is 0 Å². The third kappa shape index (κ3) is 3.28. The normalized spacial score (nSPS) is 19.9. The van der Waals surface area contributed by atoms with Gasteiger partial charge >= 0.3 is 0 Å². The van der Waals surface area contributed by atoms with Crippen LogP contribution >= 0.6 is 43.5 Å². The number of carbonyl (C=O) groups is 1. The molecule has 0 bridgehead atoms. The summed E-state index contributed by atoms with van der Waals surface area (Å²) >= 11 is 12.9. The Balaban J connectivity index is 2.12. The Morgan fingerprint density at radius 1 is 1.50 bits per heavy atom. The Morgan fingerprint density at radius 3 is 2.94 bits per heavy atom. The first kappa shape index (κ1) is 14.4. The van der Waals surface area contributed by atoms with E-state index in [-0.39, 0.29) is 5.91 Å². The van der Waals surface area contributed by atoms with Crippen molar-refractivity contribution in [3.63, 3.8) is 0 Å². The van der Waals surface area contributed by atoms with E-state index < -0.39 is 0 Å². The van der Waals surface area contributed by atoms with Crippen LogP contribution in [0.15, 0.2) is 22.7 Å². The summed E-state index contributed by atoms with van der Waals surface area (Å²) in [7, 11) is 0. The monoisotopic (exact) mass is 393 g/mol. The fourth-order valence-electron chi connectivity index (χ4n) is 2.19. The molecule has 1 unspecified atom stereocenters. The van der Waals surface area contributed by atoms with Gasteiger partial charge in [0, 0.05) is 28.5 Å². The lowest BCUT2D eigenvalue weighted by Gasteiger charge is -2.32. The standard InChI is InChI=1S/C13H14Br2ClNO/c14-7-9-2-1-5-17(8-9)13(18)10-3-4-11(15)12(16)6-10/h3-4,6,9H,1-2,5,7-8H2. The van der Waals surface area contributed by atoms with Gasteiger partial charge in [-0.2, -0.15) is 0 Å². The highest BCUT2D eigenvalue weighted by atomic mass is 79.9. The minimum Gasteiger partial charge on any atom is -0.338 e. The van der Waals surface area contributed by atoms with E-state index in [1.54, 1.807) is 6.07 Å². The first-order valence-electron chi connectivity index (χ1n) is 5.92. The average molecular weight is 396 g/mol. The molecular formula is C13H14Br2ClNO. The lowest BCUT2D eigenvalue weighted by atomic mass is 9.99. The highest BCUT2D eigenvalue weighted by Crippen LogP contribution is 2.25. The molecule has 0 radical (unpaired) electrons. The molecule has 0 aromatic heterocycles.